The molecule has 1 rings (SSSR count). The molecule has 0 saturated heterocycles. The number of benzene rings is 1. The fourth-order valence-corrected chi connectivity index (χ4v) is 1.30. The van der Waals surface area contributed by atoms with Gasteiger partial charge in [0.2, 0.25) is 0 Å². The van der Waals surface area contributed by atoms with E-state index in [9.17, 15) is 14.5 Å². The van der Waals surface area contributed by atoms with E-state index in [1.54, 1.807) is 6.08 Å². The number of nitrogens with zero attached hydrogens (tertiary/aromatic N) is 1. The van der Waals surface area contributed by atoms with Gasteiger partial charge in [-0.05, 0) is 18.6 Å². The molecule has 0 fully saturated rings. The summed E-state index contributed by atoms with van der Waals surface area (Å²) in [7, 11) is 0. The first kappa shape index (κ1) is 11.3. The molecule has 1 aromatic carbocycles. The molecule has 0 aliphatic carbocycles. The van der Waals surface area contributed by atoms with E-state index >= 15 is 0 Å². The quantitative estimate of drug-likeness (QED) is 0.471. The smallest absolute Gasteiger partial charge is 0.277 e. The van der Waals surface area contributed by atoms with Crippen molar-refractivity contribution in [2.24, 2.45) is 5.73 Å². The maximum atomic E-state index is 12.8. The summed E-state index contributed by atoms with van der Waals surface area (Å²) in [4.78, 5) is 10.0. The maximum Gasteiger partial charge on any atom is 0.277 e. The van der Waals surface area contributed by atoms with Crippen LogP contribution in [0.1, 0.15) is 18.0 Å². The van der Waals surface area contributed by atoms with Crippen LogP contribution in [-0.4, -0.2) is 4.92 Å². The summed E-state index contributed by atoms with van der Waals surface area (Å²) >= 11 is 0. The Balaban J connectivity index is 3.16. The third-order valence-corrected chi connectivity index (χ3v) is 2.01. The van der Waals surface area contributed by atoms with Gasteiger partial charge in [0.1, 0.15) is 5.82 Å². The molecule has 0 bridgehead atoms. The monoisotopic (exact) mass is 210 g/mol. The molecule has 0 aromatic heterocycles. The van der Waals surface area contributed by atoms with E-state index in [4.69, 9.17) is 5.73 Å². The van der Waals surface area contributed by atoms with Crippen LogP contribution in [0.3, 0.4) is 0 Å². The fraction of sp³-hybridized carbons (Fsp3) is 0.200. The zero-order chi connectivity index (χ0) is 11.4. The molecule has 0 amide bonds. The van der Waals surface area contributed by atoms with Crippen molar-refractivity contribution in [3.8, 4) is 0 Å². The lowest BCUT2D eigenvalue weighted by atomic mass is 10.0. The Labute approximate surface area is 86.4 Å². The molecular weight excluding hydrogens is 199 g/mol. The van der Waals surface area contributed by atoms with E-state index in [0.29, 0.717) is 12.0 Å². The van der Waals surface area contributed by atoms with Gasteiger partial charge < -0.3 is 5.73 Å². The zero-order valence-corrected chi connectivity index (χ0v) is 8.02. The van der Waals surface area contributed by atoms with Gasteiger partial charge in [-0.2, -0.15) is 0 Å². The summed E-state index contributed by atoms with van der Waals surface area (Å²) in [6.07, 6.45) is 1.98. The lowest BCUT2D eigenvalue weighted by molar-refractivity contribution is -0.385. The van der Waals surface area contributed by atoms with Crippen LogP contribution in [0.25, 0.3) is 0 Å². The molecule has 2 N–H and O–H groups in total. The normalized spacial score (nSPS) is 12.1. The molecule has 0 saturated carbocycles. The van der Waals surface area contributed by atoms with Crippen molar-refractivity contribution < 1.29 is 9.31 Å². The highest BCUT2D eigenvalue weighted by Crippen LogP contribution is 2.26. The highest BCUT2D eigenvalue weighted by Gasteiger charge is 2.19. The van der Waals surface area contributed by atoms with Crippen molar-refractivity contribution in [2.75, 3.05) is 0 Å². The van der Waals surface area contributed by atoms with Gasteiger partial charge in [0.05, 0.1) is 11.0 Å². The molecule has 1 aromatic rings. The van der Waals surface area contributed by atoms with Gasteiger partial charge in [-0.25, -0.2) is 4.39 Å². The van der Waals surface area contributed by atoms with Crippen LogP contribution in [-0.2, 0) is 0 Å². The Morgan fingerprint density at radius 1 is 1.67 bits per heavy atom. The maximum absolute atomic E-state index is 12.8. The fourth-order valence-electron chi connectivity index (χ4n) is 1.30. The number of rotatable bonds is 4. The van der Waals surface area contributed by atoms with Gasteiger partial charge in [0, 0.05) is 11.6 Å². The van der Waals surface area contributed by atoms with Crippen LogP contribution < -0.4 is 5.73 Å². The summed E-state index contributed by atoms with van der Waals surface area (Å²) < 4.78 is 12.8. The van der Waals surface area contributed by atoms with Gasteiger partial charge in [0.15, 0.2) is 0 Å². The third-order valence-electron chi connectivity index (χ3n) is 2.01. The highest BCUT2D eigenvalue weighted by atomic mass is 19.1. The van der Waals surface area contributed by atoms with Crippen LogP contribution in [0.2, 0.25) is 0 Å². The first-order chi connectivity index (χ1) is 7.06. The number of nitro benzene ring substituents is 1. The predicted molar refractivity (Wildman–Crippen MR) is 54.8 cm³/mol. The molecule has 0 aliphatic heterocycles. The first-order valence-electron chi connectivity index (χ1n) is 4.36. The second-order valence-electron chi connectivity index (χ2n) is 3.09. The SMILES string of the molecule is C=CC[C@H](N)c1ccc(F)cc1[N+](=O)[O-]. The van der Waals surface area contributed by atoms with Gasteiger partial charge >= 0.3 is 0 Å². The van der Waals surface area contributed by atoms with E-state index in [0.717, 1.165) is 12.1 Å². The van der Waals surface area contributed by atoms with E-state index in [1.165, 1.54) is 6.07 Å². The average molecular weight is 210 g/mol. The van der Waals surface area contributed by atoms with Crippen molar-refractivity contribution in [3.63, 3.8) is 0 Å². The number of nitro groups is 1. The minimum absolute atomic E-state index is 0.288. The summed E-state index contributed by atoms with van der Waals surface area (Å²) in [5.41, 5.74) is 5.73. The van der Waals surface area contributed by atoms with Crippen LogP contribution in [0.5, 0.6) is 0 Å². The highest BCUT2D eigenvalue weighted by molar-refractivity contribution is 5.42. The molecule has 0 spiro atoms. The lowest BCUT2D eigenvalue weighted by Gasteiger charge is -2.09. The average Bonchev–Trinajstić information content (AvgIpc) is 2.17. The number of hydrogen-bond acceptors (Lipinski definition) is 3. The largest absolute Gasteiger partial charge is 0.323 e. The standard InChI is InChI=1S/C10H11FN2O2/c1-2-3-9(12)8-5-4-7(11)6-10(8)13(14)15/h2,4-6,9H,1,3,12H2/t9-/m0/s1. The summed E-state index contributed by atoms with van der Waals surface area (Å²) in [5.74, 6) is -0.642. The van der Waals surface area contributed by atoms with Crippen LogP contribution >= 0.6 is 0 Å². The molecule has 0 radical (unpaired) electrons. The summed E-state index contributed by atoms with van der Waals surface area (Å²) in [6.45, 7) is 3.49. The number of nitrogens with two attached hydrogens (primary N) is 1. The molecule has 5 heteroatoms. The van der Waals surface area contributed by atoms with Crippen LogP contribution in [0.15, 0.2) is 30.9 Å². The molecule has 4 nitrogen and oxygen atoms in total. The zero-order valence-electron chi connectivity index (χ0n) is 8.02. The molecule has 0 aliphatic rings. The van der Waals surface area contributed by atoms with Gasteiger partial charge in [0.25, 0.3) is 5.69 Å². The summed E-state index contributed by atoms with van der Waals surface area (Å²) in [5, 5.41) is 10.6. The van der Waals surface area contributed by atoms with E-state index < -0.39 is 16.8 Å². The second kappa shape index (κ2) is 4.65. The van der Waals surface area contributed by atoms with Crippen molar-refractivity contribution in [3.05, 3.63) is 52.3 Å². The number of hydrogen-bond donors (Lipinski definition) is 1. The molecule has 0 heterocycles. The predicted octanol–water partition coefficient (Wildman–Crippen LogP) is 2.31. The molecule has 80 valence electrons. The Kier molecular flexibility index (Phi) is 3.51. The first-order valence-corrected chi connectivity index (χ1v) is 4.36. The Hall–Kier alpha value is -1.75. The molecular formula is C10H11FN2O2. The van der Waals surface area contributed by atoms with Crippen molar-refractivity contribution in [2.45, 2.75) is 12.5 Å². The van der Waals surface area contributed by atoms with Crippen molar-refractivity contribution >= 4 is 5.69 Å². The van der Waals surface area contributed by atoms with Crippen molar-refractivity contribution in [1.29, 1.82) is 0 Å². The number of halogens is 1. The molecule has 15 heavy (non-hydrogen) atoms. The summed E-state index contributed by atoms with van der Waals surface area (Å²) in [6, 6.07) is 2.84. The minimum atomic E-state index is -0.642. The Morgan fingerprint density at radius 2 is 2.33 bits per heavy atom. The van der Waals surface area contributed by atoms with Crippen LogP contribution in [0.4, 0.5) is 10.1 Å². The molecule has 0 unspecified atom stereocenters. The van der Waals surface area contributed by atoms with Crippen molar-refractivity contribution in [1.82, 2.24) is 0 Å². The van der Waals surface area contributed by atoms with E-state index in [-0.39, 0.29) is 5.69 Å². The minimum Gasteiger partial charge on any atom is -0.323 e. The van der Waals surface area contributed by atoms with E-state index in [1.807, 2.05) is 0 Å². The van der Waals surface area contributed by atoms with E-state index in [2.05, 4.69) is 6.58 Å². The lowest BCUT2D eigenvalue weighted by Crippen LogP contribution is -2.11. The van der Waals surface area contributed by atoms with Gasteiger partial charge in [-0.15, -0.1) is 6.58 Å². The topological polar surface area (TPSA) is 69.2 Å². The Morgan fingerprint density at radius 3 is 2.87 bits per heavy atom. The third kappa shape index (κ3) is 2.60. The molecule has 1 atom stereocenters. The van der Waals surface area contributed by atoms with Crippen LogP contribution in [0, 0.1) is 15.9 Å². The Bertz CT molecular complexity index is 393. The van der Waals surface area contributed by atoms with Gasteiger partial charge in [-0.3, -0.25) is 10.1 Å². The van der Waals surface area contributed by atoms with Gasteiger partial charge in [-0.1, -0.05) is 6.08 Å². The second-order valence-corrected chi connectivity index (χ2v) is 3.09.